The molecule has 2 aromatic carbocycles. The van der Waals surface area contributed by atoms with Crippen LogP contribution in [0.25, 0.3) is 6.08 Å². The SMILES string of the molecule is O=C(C=Cc1ccc[c]([Ge])c1)c1ccccc1. The molecular weight excluding hydrogens is 269 g/mol. The molecule has 0 saturated carbocycles. The second kappa shape index (κ2) is 5.64. The molecule has 0 saturated heterocycles. The van der Waals surface area contributed by atoms with Crippen LogP contribution in [-0.2, 0) is 0 Å². The molecule has 2 rings (SSSR count). The maximum absolute atomic E-state index is 11.8. The van der Waals surface area contributed by atoms with Gasteiger partial charge in [0.1, 0.15) is 0 Å². The van der Waals surface area contributed by atoms with Crippen LogP contribution in [0, 0.1) is 0 Å². The molecule has 0 spiro atoms. The van der Waals surface area contributed by atoms with E-state index < -0.39 is 0 Å². The van der Waals surface area contributed by atoms with Crippen molar-refractivity contribution < 1.29 is 4.79 Å². The average molecular weight is 280 g/mol. The van der Waals surface area contributed by atoms with Gasteiger partial charge in [0.15, 0.2) is 0 Å². The third-order valence-electron chi connectivity index (χ3n) is 2.37. The summed E-state index contributed by atoms with van der Waals surface area (Å²) in [5.41, 5.74) is 1.77. The predicted octanol–water partition coefficient (Wildman–Crippen LogP) is 2.38. The van der Waals surface area contributed by atoms with E-state index in [9.17, 15) is 4.79 Å². The summed E-state index contributed by atoms with van der Waals surface area (Å²) in [7, 11) is 0. The van der Waals surface area contributed by atoms with E-state index in [2.05, 4.69) is 6.07 Å². The van der Waals surface area contributed by atoms with E-state index in [1.54, 1.807) is 6.08 Å². The van der Waals surface area contributed by atoms with Gasteiger partial charge in [0, 0.05) is 0 Å². The summed E-state index contributed by atoms with van der Waals surface area (Å²) >= 11 is 2.04. The Labute approximate surface area is 109 Å². The fourth-order valence-electron chi connectivity index (χ4n) is 1.51. The number of carbonyl (C=O) groups excluding carboxylic acids is 1. The van der Waals surface area contributed by atoms with Gasteiger partial charge in [-0.05, 0) is 0 Å². The third-order valence-corrected chi connectivity index (χ3v) is 3.02. The second-order valence-electron chi connectivity index (χ2n) is 3.69. The summed E-state index contributed by atoms with van der Waals surface area (Å²) in [6.07, 6.45) is 3.46. The molecule has 1 nitrogen and oxygen atoms in total. The first-order valence-corrected chi connectivity index (χ1v) is 6.40. The Hall–Kier alpha value is -1.61. The van der Waals surface area contributed by atoms with E-state index in [1.807, 2.05) is 71.1 Å². The molecule has 0 amide bonds. The molecule has 2 heteroatoms. The molecule has 0 aliphatic rings. The van der Waals surface area contributed by atoms with Crippen LogP contribution in [0.4, 0.5) is 0 Å². The molecule has 0 fully saturated rings. The van der Waals surface area contributed by atoms with Gasteiger partial charge in [-0.1, -0.05) is 0 Å². The van der Waals surface area contributed by atoms with Crippen LogP contribution in [0.2, 0.25) is 0 Å². The van der Waals surface area contributed by atoms with Crippen molar-refractivity contribution in [2.75, 3.05) is 0 Å². The average Bonchev–Trinajstić information content (AvgIpc) is 2.37. The third kappa shape index (κ3) is 3.43. The number of hydrogen-bond acceptors (Lipinski definition) is 1. The predicted molar refractivity (Wildman–Crippen MR) is 71.6 cm³/mol. The zero-order valence-corrected chi connectivity index (χ0v) is 11.4. The van der Waals surface area contributed by atoms with Gasteiger partial charge in [0.25, 0.3) is 0 Å². The Bertz CT molecular complexity index is 544. The Kier molecular flexibility index (Phi) is 3.94. The van der Waals surface area contributed by atoms with Crippen molar-refractivity contribution in [3.05, 3.63) is 71.8 Å². The van der Waals surface area contributed by atoms with E-state index >= 15 is 0 Å². The van der Waals surface area contributed by atoms with Crippen LogP contribution < -0.4 is 4.40 Å². The molecule has 3 radical (unpaired) electrons. The minimum absolute atomic E-state index is 0.0344. The van der Waals surface area contributed by atoms with Crippen LogP contribution in [-0.4, -0.2) is 22.3 Å². The molecule has 81 valence electrons. The number of rotatable bonds is 3. The van der Waals surface area contributed by atoms with Crippen LogP contribution >= 0.6 is 0 Å². The molecule has 0 N–H and O–H groups in total. The maximum atomic E-state index is 11.8. The van der Waals surface area contributed by atoms with Gasteiger partial charge in [-0.3, -0.25) is 0 Å². The number of hydrogen-bond donors (Lipinski definition) is 0. The first-order chi connectivity index (χ1) is 8.25. The summed E-state index contributed by atoms with van der Waals surface area (Å²) in [6.45, 7) is 0. The summed E-state index contributed by atoms with van der Waals surface area (Å²) in [6, 6.07) is 17.4. The van der Waals surface area contributed by atoms with Crippen molar-refractivity contribution in [3.63, 3.8) is 0 Å². The minimum atomic E-state index is 0.0344. The van der Waals surface area contributed by atoms with Crippen LogP contribution in [0.15, 0.2) is 60.7 Å². The topological polar surface area (TPSA) is 17.1 Å². The second-order valence-corrected chi connectivity index (χ2v) is 4.90. The molecule has 0 bridgehead atoms. The number of carbonyl (C=O) groups is 1. The Balaban J connectivity index is 2.14. The Morgan fingerprint density at radius 2 is 1.76 bits per heavy atom. The molecule has 0 aliphatic carbocycles. The van der Waals surface area contributed by atoms with E-state index in [0.29, 0.717) is 0 Å². The summed E-state index contributed by atoms with van der Waals surface area (Å²) in [5, 5.41) is 0. The monoisotopic (exact) mass is 281 g/mol. The quantitative estimate of drug-likeness (QED) is 0.479. The summed E-state index contributed by atoms with van der Waals surface area (Å²) in [5.74, 6) is 0.0344. The fraction of sp³-hybridized carbons (Fsp3) is 0. The standard InChI is InChI=1S/C15H11GeO/c16-14-8-4-5-12(11-14)9-10-15(17)13-6-2-1-3-7-13/h1-11H. The van der Waals surface area contributed by atoms with Crippen molar-refractivity contribution >= 4 is 32.8 Å². The van der Waals surface area contributed by atoms with Crippen LogP contribution in [0.1, 0.15) is 15.9 Å². The van der Waals surface area contributed by atoms with Gasteiger partial charge in [-0.15, -0.1) is 0 Å². The van der Waals surface area contributed by atoms with E-state index in [1.165, 1.54) is 4.40 Å². The normalized spacial score (nSPS) is 10.6. The molecule has 0 unspecified atom stereocenters. The first-order valence-electron chi connectivity index (χ1n) is 5.35. The van der Waals surface area contributed by atoms with E-state index in [-0.39, 0.29) is 5.78 Å². The van der Waals surface area contributed by atoms with Crippen molar-refractivity contribution in [3.8, 4) is 0 Å². The van der Waals surface area contributed by atoms with Crippen molar-refractivity contribution in [2.45, 2.75) is 0 Å². The molecule has 0 atom stereocenters. The number of benzene rings is 2. The Morgan fingerprint density at radius 3 is 2.47 bits per heavy atom. The summed E-state index contributed by atoms with van der Waals surface area (Å²) < 4.78 is 1.19. The summed E-state index contributed by atoms with van der Waals surface area (Å²) in [4.78, 5) is 11.8. The van der Waals surface area contributed by atoms with Crippen molar-refractivity contribution in [2.24, 2.45) is 0 Å². The van der Waals surface area contributed by atoms with E-state index in [4.69, 9.17) is 0 Å². The molecule has 0 aromatic heterocycles. The molecular formula is C15H11GeO. The van der Waals surface area contributed by atoms with Gasteiger partial charge in [0.05, 0.1) is 0 Å². The van der Waals surface area contributed by atoms with Gasteiger partial charge < -0.3 is 0 Å². The zero-order chi connectivity index (χ0) is 12.1. The van der Waals surface area contributed by atoms with Crippen LogP contribution in [0.3, 0.4) is 0 Å². The molecule has 2 aromatic rings. The molecule has 0 aliphatic heterocycles. The molecule has 0 heterocycles. The fourth-order valence-corrected chi connectivity index (χ4v) is 2.06. The van der Waals surface area contributed by atoms with Gasteiger partial charge in [0.2, 0.25) is 0 Å². The number of ketones is 1. The van der Waals surface area contributed by atoms with Gasteiger partial charge >= 0.3 is 109 Å². The van der Waals surface area contributed by atoms with Crippen molar-refractivity contribution in [1.82, 2.24) is 0 Å². The zero-order valence-electron chi connectivity index (χ0n) is 9.26. The number of allylic oxidation sites excluding steroid dienone is 1. The van der Waals surface area contributed by atoms with Crippen LogP contribution in [0.5, 0.6) is 0 Å². The molecule has 17 heavy (non-hydrogen) atoms. The van der Waals surface area contributed by atoms with Gasteiger partial charge in [-0.2, -0.15) is 0 Å². The first kappa shape index (κ1) is 11.9. The van der Waals surface area contributed by atoms with Gasteiger partial charge in [-0.25, -0.2) is 0 Å². The van der Waals surface area contributed by atoms with E-state index in [0.717, 1.165) is 11.1 Å². The van der Waals surface area contributed by atoms with Crippen molar-refractivity contribution in [1.29, 1.82) is 0 Å². The Morgan fingerprint density at radius 1 is 1.00 bits per heavy atom.